The molecular formula is C15H28N2O2. The summed E-state index contributed by atoms with van der Waals surface area (Å²) in [6.45, 7) is 10.3. The smallest absolute Gasteiger partial charge is 0.222 e. The quantitative estimate of drug-likeness (QED) is 0.826. The maximum Gasteiger partial charge on any atom is 0.222 e. The average molecular weight is 268 g/mol. The van der Waals surface area contributed by atoms with Crippen LogP contribution in [0, 0.1) is 5.92 Å². The van der Waals surface area contributed by atoms with Gasteiger partial charge in [-0.05, 0) is 25.8 Å². The lowest BCUT2D eigenvalue weighted by atomic mass is 9.80. The van der Waals surface area contributed by atoms with Crippen molar-refractivity contribution in [3.05, 3.63) is 0 Å². The SMILES string of the molecule is CCCN1CCC2(CC1)CC(CNC(=O)C(C)C)O2. The van der Waals surface area contributed by atoms with E-state index in [9.17, 15) is 4.79 Å². The number of amides is 1. The third kappa shape index (κ3) is 3.69. The number of hydrogen-bond acceptors (Lipinski definition) is 3. The number of piperidine rings is 1. The molecule has 0 saturated carbocycles. The van der Waals surface area contributed by atoms with Gasteiger partial charge in [-0.2, -0.15) is 0 Å². The molecule has 0 aromatic rings. The molecule has 0 aromatic carbocycles. The molecule has 0 aliphatic carbocycles. The van der Waals surface area contributed by atoms with E-state index in [0.717, 1.165) is 19.3 Å². The number of rotatable bonds is 5. The van der Waals surface area contributed by atoms with Crippen LogP contribution in [0.1, 0.15) is 46.5 Å². The number of carbonyl (C=O) groups excluding carboxylic acids is 1. The monoisotopic (exact) mass is 268 g/mol. The van der Waals surface area contributed by atoms with Gasteiger partial charge in [0.2, 0.25) is 5.91 Å². The number of likely N-dealkylation sites (tertiary alicyclic amines) is 1. The number of carbonyl (C=O) groups is 1. The van der Waals surface area contributed by atoms with Crippen molar-refractivity contribution in [3.63, 3.8) is 0 Å². The van der Waals surface area contributed by atoms with E-state index in [1.54, 1.807) is 0 Å². The van der Waals surface area contributed by atoms with Crippen LogP contribution in [0.25, 0.3) is 0 Å². The van der Waals surface area contributed by atoms with Gasteiger partial charge in [0, 0.05) is 32.0 Å². The summed E-state index contributed by atoms with van der Waals surface area (Å²) in [6.07, 6.45) is 4.90. The van der Waals surface area contributed by atoms with E-state index in [1.165, 1.54) is 26.1 Å². The molecule has 0 radical (unpaired) electrons. The Labute approximate surface area is 116 Å². The van der Waals surface area contributed by atoms with Crippen LogP contribution in [-0.2, 0) is 9.53 Å². The minimum atomic E-state index is 0.0614. The number of nitrogens with zero attached hydrogens (tertiary/aromatic N) is 1. The van der Waals surface area contributed by atoms with Gasteiger partial charge in [-0.3, -0.25) is 4.79 Å². The van der Waals surface area contributed by atoms with Crippen molar-refractivity contribution < 1.29 is 9.53 Å². The summed E-state index contributed by atoms with van der Waals surface area (Å²) in [5.74, 6) is 0.189. The Bertz CT molecular complexity index is 301. The molecule has 2 fully saturated rings. The summed E-state index contributed by atoms with van der Waals surface area (Å²) < 4.78 is 6.08. The van der Waals surface area contributed by atoms with Crippen molar-refractivity contribution in [2.45, 2.75) is 58.2 Å². The second-order valence-corrected chi connectivity index (χ2v) is 6.37. The fourth-order valence-corrected chi connectivity index (χ4v) is 3.11. The van der Waals surface area contributed by atoms with E-state index in [-0.39, 0.29) is 23.5 Å². The van der Waals surface area contributed by atoms with Gasteiger partial charge in [0.05, 0.1) is 11.7 Å². The number of ether oxygens (including phenoxy) is 1. The molecule has 19 heavy (non-hydrogen) atoms. The maximum absolute atomic E-state index is 11.5. The van der Waals surface area contributed by atoms with Crippen molar-refractivity contribution in [2.24, 2.45) is 5.92 Å². The Morgan fingerprint density at radius 2 is 2.05 bits per heavy atom. The fraction of sp³-hybridized carbons (Fsp3) is 0.933. The molecule has 2 heterocycles. The van der Waals surface area contributed by atoms with Crippen LogP contribution in [0.4, 0.5) is 0 Å². The summed E-state index contributed by atoms with van der Waals surface area (Å²) in [5, 5.41) is 2.96. The van der Waals surface area contributed by atoms with E-state index in [2.05, 4.69) is 17.1 Å². The van der Waals surface area contributed by atoms with Crippen molar-refractivity contribution in [3.8, 4) is 0 Å². The summed E-state index contributed by atoms with van der Waals surface area (Å²) in [6, 6.07) is 0. The van der Waals surface area contributed by atoms with Crippen LogP contribution in [-0.4, -0.2) is 48.7 Å². The largest absolute Gasteiger partial charge is 0.370 e. The minimum absolute atomic E-state index is 0.0614. The van der Waals surface area contributed by atoms with Crippen molar-refractivity contribution in [1.29, 1.82) is 0 Å². The Morgan fingerprint density at radius 3 is 2.58 bits per heavy atom. The first-order chi connectivity index (χ1) is 9.04. The van der Waals surface area contributed by atoms with Crippen LogP contribution in [0.3, 0.4) is 0 Å². The van der Waals surface area contributed by atoms with Crippen LogP contribution >= 0.6 is 0 Å². The molecule has 4 heteroatoms. The minimum Gasteiger partial charge on any atom is -0.370 e. The van der Waals surface area contributed by atoms with Gasteiger partial charge in [0.15, 0.2) is 0 Å². The lowest BCUT2D eigenvalue weighted by Gasteiger charge is -2.52. The normalized spacial score (nSPS) is 26.4. The second-order valence-electron chi connectivity index (χ2n) is 6.37. The number of hydrogen-bond donors (Lipinski definition) is 1. The summed E-state index contributed by atoms with van der Waals surface area (Å²) in [7, 11) is 0. The zero-order chi connectivity index (χ0) is 13.9. The molecule has 0 bridgehead atoms. The van der Waals surface area contributed by atoms with Crippen molar-refractivity contribution >= 4 is 5.91 Å². The standard InChI is InChI=1S/C15H28N2O2/c1-4-7-17-8-5-15(6-9-17)10-13(19-15)11-16-14(18)12(2)3/h12-13H,4-11H2,1-3H3,(H,16,18). The van der Waals surface area contributed by atoms with Crippen molar-refractivity contribution in [1.82, 2.24) is 10.2 Å². The molecule has 110 valence electrons. The van der Waals surface area contributed by atoms with Crippen LogP contribution in [0.15, 0.2) is 0 Å². The van der Waals surface area contributed by atoms with E-state index in [0.29, 0.717) is 6.54 Å². The Balaban J connectivity index is 1.65. The third-order valence-corrected chi connectivity index (χ3v) is 4.35. The zero-order valence-electron chi connectivity index (χ0n) is 12.6. The summed E-state index contributed by atoms with van der Waals surface area (Å²) >= 11 is 0. The molecule has 1 atom stereocenters. The van der Waals surface area contributed by atoms with E-state index < -0.39 is 0 Å². The molecule has 1 spiro atoms. The molecule has 0 aromatic heterocycles. The molecule has 2 saturated heterocycles. The second kappa shape index (κ2) is 6.23. The van der Waals surface area contributed by atoms with Gasteiger partial charge in [0.25, 0.3) is 0 Å². The predicted octanol–water partition coefficient (Wildman–Crippen LogP) is 1.79. The van der Waals surface area contributed by atoms with Gasteiger partial charge in [-0.1, -0.05) is 20.8 Å². The lowest BCUT2D eigenvalue weighted by molar-refractivity contribution is -0.222. The van der Waals surface area contributed by atoms with Crippen molar-refractivity contribution in [2.75, 3.05) is 26.2 Å². The highest BCUT2D eigenvalue weighted by atomic mass is 16.5. The maximum atomic E-state index is 11.5. The van der Waals surface area contributed by atoms with Crippen LogP contribution < -0.4 is 5.32 Å². The lowest BCUT2D eigenvalue weighted by Crippen LogP contribution is -2.59. The molecule has 4 nitrogen and oxygen atoms in total. The van der Waals surface area contributed by atoms with Gasteiger partial charge >= 0.3 is 0 Å². The molecule has 1 amide bonds. The Hall–Kier alpha value is -0.610. The molecule has 1 unspecified atom stereocenters. The van der Waals surface area contributed by atoms with E-state index >= 15 is 0 Å². The number of nitrogens with one attached hydrogen (secondary N) is 1. The summed E-state index contributed by atoms with van der Waals surface area (Å²) in [5.41, 5.74) is 0.136. The van der Waals surface area contributed by atoms with E-state index in [4.69, 9.17) is 4.74 Å². The first kappa shape index (κ1) is 14.8. The molecule has 1 N–H and O–H groups in total. The highest BCUT2D eigenvalue weighted by molar-refractivity contribution is 5.77. The molecule has 2 rings (SSSR count). The first-order valence-corrected chi connectivity index (χ1v) is 7.72. The first-order valence-electron chi connectivity index (χ1n) is 7.72. The van der Waals surface area contributed by atoms with Gasteiger partial charge < -0.3 is 15.0 Å². The topological polar surface area (TPSA) is 41.6 Å². The van der Waals surface area contributed by atoms with E-state index in [1.807, 2.05) is 13.8 Å². The third-order valence-electron chi connectivity index (χ3n) is 4.35. The van der Waals surface area contributed by atoms with Gasteiger partial charge in [0.1, 0.15) is 0 Å². The molecule has 2 aliphatic rings. The van der Waals surface area contributed by atoms with Gasteiger partial charge in [-0.15, -0.1) is 0 Å². The zero-order valence-corrected chi connectivity index (χ0v) is 12.6. The highest BCUT2D eigenvalue weighted by Gasteiger charge is 2.46. The summed E-state index contributed by atoms with van der Waals surface area (Å²) in [4.78, 5) is 14.0. The molecule has 2 aliphatic heterocycles. The fourth-order valence-electron chi connectivity index (χ4n) is 3.11. The Morgan fingerprint density at radius 1 is 1.42 bits per heavy atom. The van der Waals surface area contributed by atoms with Crippen LogP contribution in [0.2, 0.25) is 0 Å². The Kier molecular flexibility index (Phi) is 4.85. The highest BCUT2D eigenvalue weighted by Crippen LogP contribution is 2.40. The van der Waals surface area contributed by atoms with Gasteiger partial charge in [-0.25, -0.2) is 0 Å². The molecular weight excluding hydrogens is 240 g/mol. The predicted molar refractivity (Wildman–Crippen MR) is 76.0 cm³/mol. The average Bonchev–Trinajstić information content (AvgIpc) is 2.35. The van der Waals surface area contributed by atoms with Crippen LogP contribution in [0.5, 0.6) is 0 Å².